The van der Waals surface area contributed by atoms with Gasteiger partial charge in [-0.1, -0.05) is 0 Å². The van der Waals surface area contributed by atoms with Gasteiger partial charge in [-0.3, -0.25) is 9.78 Å². The Morgan fingerprint density at radius 2 is 1.25 bits per heavy atom. The highest BCUT2D eigenvalue weighted by molar-refractivity contribution is 6.04. The number of amides is 1. The van der Waals surface area contributed by atoms with Crippen molar-refractivity contribution in [2.45, 2.75) is 18.9 Å². The van der Waals surface area contributed by atoms with E-state index in [9.17, 15) is 9.90 Å². The van der Waals surface area contributed by atoms with E-state index in [1.807, 2.05) is 48.5 Å². The van der Waals surface area contributed by atoms with Crippen LogP contribution in [0, 0.1) is 0 Å². The molecule has 1 aliphatic rings. The van der Waals surface area contributed by atoms with Crippen molar-refractivity contribution in [3.63, 3.8) is 0 Å². The van der Waals surface area contributed by atoms with Gasteiger partial charge < -0.3 is 26.0 Å². The molecule has 5 rings (SSSR count). The van der Waals surface area contributed by atoms with E-state index in [-0.39, 0.29) is 12.0 Å². The van der Waals surface area contributed by atoms with Gasteiger partial charge in [-0.05, 0) is 97.8 Å². The third kappa shape index (κ3) is 6.00. The summed E-state index contributed by atoms with van der Waals surface area (Å²) >= 11 is 0. The summed E-state index contributed by atoms with van der Waals surface area (Å²) < 4.78 is 0. The second-order valence-electron chi connectivity index (χ2n) is 8.87. The smallest absolute Gasteiger partial charge is 0.257 e. The molecule has 0 unspecified atom stereocenters. The Morgan fingerprint density at radius 3 is 1.75 bits per heavy atom. The average molecular weight is 480 g/mol. The number of carbonyl (C=O) groups is 1. The molecule has 0 aliphatic carbocycles. The number of nitrogens with zero attached hydrogens (tertiary/aromatic N) is 2. The van der Waals surface area contributed by atoms with Crippen molar-refractivity contribution in [3.8, 4) is 0 Å². The lowest BCUT2D eigenvalue weighted by molar-refractivity contribution is 0.102. The summed E-state index contributed by atoms with van der Waals surface area (Å²) in [6.45, 7) is 1.79. The largest absolute Gasteiger partial charge is 0.393 e. The Hall–Kier alpha value is -4.36. The number of piperidine rings is 1. The normalized spacial score (nSPS) is 13.8. The third-order valence-electron chi connectivity index (χ3n) is 6.23. The van der Waals surface area contributed by atoms with Crippen LogP contribution in [0.25, 0.3) is 0 Å². The first-order chi connectivity index (χ1) is 17.6. The highest BCUT2D eigenvalue weighted by atomic mass is 16.3. The fraction of sp³-hybridized carbons (Fsp3) is 0.172. The second-order valence-corrected chi connectivity index (χ2v) is 8.87. The maximum Gasteiger partial charge on any atom is 0.257 e. The Kier molecular flexibility index (Phi) is 7.10. The molecule has 1 aliphatic heterocycles. The minimum Gasteiger partial charge on any atom is -0.393 e. The molecule has 1 saturated heterocycles. The van der Waals surface area contributed by atoms with Gasteiger partial charge in [0, 0.05) is 59.6 Å². The number of aromatic nitrogens is 1. The lowest BCUT2D eigenvalue weighted by Gasteiger charge is -2.31. The van der Waals surface area contributed by atoms with E-state index in [0.717, 1.165) is 54.4 Å². The van der Waals surface area contributed by atoms with Crippen LogP contribution in [0.1, 0.15) is 23.2 Å². The number of rotatable bonds is 7. The minimum atomic E-state index is -0.187. The predicted octanol–water partition coefficient (Wildman–Crippen LogP) is 5.78. The topological polar surface area (TPSA) is 89.5 Å². The van der Waals surface area contributed by atoms with Gasteiger partial charge in [-0.25, -0.2) is 0 Å². The fourth-order valence-electron chi connectivity index (χ4n) is 4.19. The van der Waals surface area contributed by atoms with Gasteiger partial charge in [0.15, 0.2) is 0 Å². The molecule has 182 valence electrons. The maximum atomic E-state index is 12.3. The first kappa shape index (κ1) is 23.4. The molecule has 0 bridgehead atoms. The standard InChI is InChI=1S/C29H29N5O2/c35-28-15-18-34(19-16-28)27-13-11-25(12-14-27)32-23-5-3-22(4-6-23)31-24-7-9-26(10-8-24)33-29(36)21-2-1-17-30-20-21/h1-14,17,20,28,31-32,35H,15-16,18-19H2,(H,33,36). The lowest BCUT2D eigenvalue weighted by Crippen LogP contribution is -2.35. The molecule has 0 spiro atoms. The number of anilines is 6. The number of carbonyl (C=O) groups excluding carboxylic acids is 1. The molecule has 4 N–H and O–H groups in total. The van der Waals surface area contributed by atoms with Gasteiger partial charge in [0.2, 0.25) is 0 Å². The first-order valence-electron chi connectivity index (χ1n) is 12.1. The summed E-state index contributed by atoms with van der Waals surface area (Å²) in [7, 11) is 0. The van der Waals surface area contributed by atoms with Gasteiger partial charge in [-0.2, -0.15) is 0 Å². The summed E-state index contributed by atoms with van der Waals surface area (Å²) in [5.41, 5.74) is 6.36. The molecule has 7 heteroatoms. The van der Waals surface area contributed by atoms with Crippen molar-refractivity contribution in [2.24, 2.45) is 0 Å². The van der Waals surface area contributed by atoms with E-state index in [4.69, 9.17) is 0 Å². The van der Waals surface area contributed by atoms with E-state index in [2.05, 4.69) is 50.1 Å². The Labute approximate surface area is 210 Å². The SMILES string of the molecule is O=C(Nc1ccc(Nc2ccc(Nc3ccc(N4CCC(O)CC4)cc3)cc2)cc1)c1cccnc1. The quantitative estimate of drug-likeness (QED) is 0.269. The number of hydrogen-bond donors (Lipinski definition) is 4. The number of benzene rings is 3. The van der Waals surface area contributed by atoms with E-state index in [1.54, 1.807) is 24.5 Å². The number of aliphatic hydroxyl groups is 1. The summed E-state index contributed by atoms with van der Waals surface area (Å²) in [5.74, 6) is -0.187. The molecular weight excluding hydrogens is 450 g/mol. The Balaban J connectivity index is 1.14. The van der Waals surface area contributed by atoms with Crippen molar-refractivity contribution in [1.82, 2.24) is 4.98 Å². The van der Waals surface area contributed by atoms with Crippen LogP contribution in [0.15, 0.2) is 97.3 Å². The molecule has 4 aromatic rings. The van der Waals surface area contributed by atoms with Gasteiger partial charge in [0.1, 0.15) is 0 Å². The van der Waals surface area contributed by atoms with Crippen molar-refractivity contribution in [3.05, 3.63) is 103 Å². The van der Waals surface area contributed by atoms with Gasteiger partial charge in [0.05, 0.1) is 11.7 Å². The number of pyridine rings is 1. The zero-order valence-corrected chi connectivity index (χ0v) is 19.9. The van der Waals surface area contributed by atoms with E-state index in [0.29, 0.717) is 5.56 Å². The highest BCUT2D eigenvalue weighted by Gasteiger charge is 2.17. The number of nitrogens with one attached hydrogen (secondary N) is 3. The van der Waals surface area contributed by atoms with Gasteiger partial charge in [-0.15, -0.1) is 0 Å². The van der Waals surface area contributed by atoms with Crippen molar-refractivity contribution in [1.29, 1.82) is 0 Å². The second kappa shape index (κ2) is 10.9. The van der Waals surface area contributed by atoms with E-state index >= 15 is 0 Å². The molecule has 0 radical (unpaired) electrons. The van der Waals surface area contributed by atoms with Crippen molar-refractivity contribution in [2.75, 3.05) is 33.9 Å². The van der Waals surface area contributed by atoms with Crippen molar-refractivity contribution < 1.29 is 9.90 Å². The van der Waals surface area contributed by atoms with Crippen LogP contribution in [-0.4, -0.2) is 35.2 Å². The number of hydrogen-bond acceptors (Lipinski definition) is 6. The Morgan fingerprint density at radius 1 is 0.750 bits per heavy atom. The van der Waals surface area contributed by atoms with Gasteiger partial charge in [0.25, 0.3) is 5.91 Å². The molecule has 1 amide bonds. The van der Waals surface area contributed by atoms with Crippen LogP contribution in [-0.2, 0) is 0 Å². The summed E-state index contributed by atoms with van der Waals surface area (Å²) in [6, 6.07) is 27.6. The van der Waals surface area contributed by atoms with E-state index in [1.165, 1.54) is 5.69 Å². The molecule has 0 atom stereocenters. The Bertz CT molecular complexity index is 1270. The molecule has 0 saturated carbocycles. The molecule has 2 heterocycles. The maximum absolute atomic E-state index is 12.3. The van der Waals surface area contributed by atoms with Crippen molar-refractivity contribution >= 4 is 40.0 Å². The molecule has 36 heavy (non-hydrogen) atoms. The molecule has 1 aromatic heterocycles. The van der Waals surface area contributed by atoms with Crippen LogP contribution >= 0.6 is 0 Å². The third-order valence-corrected chi connectivity index (χ3v) is 6.23. The average Bonchev–Trinajstić information content (AvgIpc) is 2.92. The predicted molar refractivity (Wildman–Crippen MR) is 146 cm³/mol. The summed E-state index contributed by atoms with van der Waals surface area (Å²) in [5, 5.41) is 19.4. The highest BCUT2D eigenvalue weighted by Crippen LogP contribution is 2.26. The number of aliphatic hydroxyl groups excluding tert-OH is 1. The molecular formula is C29H29N5O2. The summed E-state index contributed by atoms with van der Waals surface area (Å²) in [4.78, 5) is 18.6. The molecule has 3 aromatic carbocycles. The molecule has 7 nitrogen and oxygen atoms in total. The summed E-state index contributed by atoms with van der Waals surface area (Å²) in [6.07, 6.45) is 4.67. The van der Waals surface area contributed by atoms with Crippen LogP contribution in [0.4, 0.5) is 34.1 Å². The van der Waals surface area contributed by atoms with E-state index < -0.39 is 0 Å². The van der Waals surface area contributed by atoms with Crippen LogP contribution < -0.4 is 20.9 Å². The first-order valence-corrected chi connectivity index (χ1v) is 12.1. The minimum absolute atomic E-state index is 0.162. The zero-order chi connectivity index (χ0) is 24.7. The fourth-order valence-corrected chi connectivity index (χ4v) is 4.19. The zero-order valence-electron chi connectivity index (χ0n) is 19.9. The van der Waals surface area contributed by atoms with Crippen LogP contribution in [0.3, 0.4) is 0 Å². The van der Waals surface area contributed by atoms with Crippen LogP contribution in [0.2, 0.25) is 0 Å². The molecule has 1 fully saturated rings. The lowest BCUT2D eigenvalue weighted by atomic mass is 10.1. The monoisotopic (exact) mass is 479 g/mol. The van der Waals surface area contributed by atoms with Crippen LogP contribution in [0.5, 0.6) is 0 Å². The van der Waals surface area contributed by atoms with Gasteiger partial charge >= 0.3 is 0 Å².